The second-order valence-corrected chi connectivity index (χ2v) is 9.33. The molecule has 3 aromatic rings. The number of hydrogen-bond acceptors (Lipinski definition) is 5. The Kier molecular flexibility index (Phi) is 7.68. The first-order valence-corrected chi connectivity index (χ1v) is 12.0. The molecular formula is C23H23NO4S2. The van der Waals surface area contributed by atoms with Crippen molar-refractivity contribution < 1.29 is 17.9 Å². The SMILES string of the molecule is COC(=O)C(CSCc1ccccc1)NS(=O)(=O)c1ccc(-c2ccccc2)cc1. The summed E-state index contributed by atoms with van der Waals surface area (Å²) in [5.41, 5.74) is 3.02. The van der Waals surface area contributed by atoms with Gasteiger partial charge in [-0.05, 0) is 28.8 Å². The Bertz CT molecular complexity index is 1050. The standard InChI is InChI=1S/C23H23NO4S2/c1-28-23(25)22(17-29-16-18-8-4-2-5-9-18)24-30(26,27)21-14-12-20(13-15-21)19-10-6-3-7-11-19/h2-15,22,24H,16-17H2,1H3. The molecule has 0 fully saturated rings. The smallest absolute Gasteiger partial charge is 0.324 e. The molecule has 0 aliphatic rings. The third kappa shape index (κ3) is 5.95. The van der Waals surface area contributed by atoms with Gasteiger partial charge in [0, 0.05) is 11.5 Å². The maximum Gasteiger partial charge on any atom is 0.324 e. The highest BCUT2D eigenvalue weighted by molar-refractivity contribution is 7.98. The van der Waals surface area contributed by atoms with Gasteiger partial charge in [-0.2, -0.15) is 16.5 Å². The lowest BCUT2D eigenvalue weighted by Gasteiger charge is -2.16. The molecule has 3 aromatic carbocycles. The quantitative estimate of drug-likeness (QED) is 0.506. The van der Waals surface area contributed by atoms with Gasteiger partial charge in [0.1, 0.15) is 6.04 Å². The minimum atomic E-state index is -3.87. The predicted octanol–water partition coefficient (Wildman–Crippen LogP) is 4.11. The number of methoxy groups -OCH3 is 1. The molecule has 1 N–H and O–H groups in total. The third-order valence-electron chi connectivity index (χ3n) is 4.45. The number of rotatable bonds is 9. The summed E-state index contributed by atoms with van der Waals surface area (Å²) < 4.78 is 32.9. The van der Waals surface area contributed by atoms with Crippen molar-refractivity contribution in [2.75, 3.05) is 12.9 Å². The highest BCUT2D eigenvalue weighted by Gasteiger charge is 2.26. The fourth-order valence-electron chi connectivity index (χ4n) is 2.87. The van der Waals surface area contributed by atoms with Crippen molar-refractivity contribution in [1.82, 2.24) is 4.72 Å². The van der Waals surface area contributed by atoms with Crippen LogP contribution >= 0.6 is 11.8 Å². The van der Waals surface area contributed by atoms with E-state index in [1.807, 2.05) is 60.7 Å². The van der Waals surface area contributed by atoms with Crippen molar-refractivity contribution in [2.45, 2.75) is 16.7 Å². The van der Waals surface area contributed by atoms with Crippen LogP contribution in [0.5, 0.6) is 0 Å². The van der Waals surface area contributed by atoms with E-state index < -0.39 is 22.0 Å². The van der Waals surface area contributed by atoms with Gasteiger partial charge in [-0.25, -0.2) is 8.42 Å². The van der Waals surface area contributed by atoms with Crippen LogP contribution in [0.25, 0.3) is 11.1 Å². The Labute approximate surface area is 181 Å². The van der Waals surface area contributed by atoms with Crippen molar-refractivity contribution in [2.24, 2.45) is 0 Å². The Morgan fingerprint density at radius 3 is 2.07 bits per heavy atom. The van der Waals surface area contributed by atoms with Crippen LogP contribution < -0.4 is 4.72 Å². The zero-order chi connectivity index (χ0) is 21.4. The molecule has 30 heavy (non-hydrogen) atoms. The number of thioether (sulfide) groups is 1. The van der Waals surface area contributed by atoms with Crippen LogP contribution in [0.15, 0.2) is 89.8 Å². The maximum absolute atomic E-state index is 12.8. The lowest BCUT2D eigenvalue weighted by Crippen LogP contribution is -2.43. The van der Waals surface area contributed by atoms with E-state index in [4.69, 9.17) is 4.74 Å². The van der Waals surface area contributed by atoms with Gasteiger partial charge < -0.3 is 4.74 Å². The Morgan fingerprint density at radius 2 is 1.47 bits per heavy atom. The molecule has 0 aliphatic heterocycles. The molecule has 0 saturated heterocycles. The van der Waals surface area contributed by atoms with Crippen molar-refractivity contribution in [3.8, 4) is 11.1 Å². The molecule has 0 aromatic heterocycles. The summed E-state index contributed by atoms with van der Waals surface area (Å²) in [4.78, 5) is 12.2. The summed E-state index contributed by atoms with van der Waals surface area (Å²) in [6.45, 7) is 0. The number of benzene rings is 3. The Balaban J connectivity index is 1.68. The van der Waals surface area contributed by atoms with Crippen LogP contribution in [-0.4, -0.2) is 33.3 Å². The van der Waals surface area contributed by atoms with Crippen LogP contribution in [0, 0.1) is 0 Å². The van der Waals surface area contributed by atoms with E-state index in [0.717, 1.165) is 16.7 Å². The van der Waals surface area contributed by atoms with Gasteiger partial charge in [-0.3, -0.25) is 4.79 Å². The third-order valence-corrected chi connectivity index (χ3v) is 7.05. The molecule has 0 radical (unpaired) electrons. The first-order chi connectivity index (χ1) is 14.5. The monoisotopic (exact) mass is 441 g/mol. The predicted molar refractivity (Wildman–Crippen MR) is 121 cm³/mol. The van der Waals surface area contributed by atoms with E-state index in [0.29, 0.717) is 5.75 Å². The lowest BCUT2D eigenvalue weighted by atomic mass is 10.1. The second-order valence-electron chi connectivity index (χ2n) is 6.59. The summed E-state index contributed by atoms with van der Waals surface area (Å²) in [5, 5.41) is 0. The van der Waals surface area contributed by atoms with E-state index in [2.05, 4.69) is 4.72 Å². The van der Waals surface area contributed by atoms with Crippen molar-refractivity contribution >= 4 is 27.8 Å². The van der Waals surface area contributed by atoms with Gasteiger partial charge in [0.15, 0.2) is 0 Å². The van der Waals surface area contributed by atoms with Crippen LogP contribution in [0.1, 0.15) is 5.56 Å². The topological polar surface area (TPSA) is 72.5 Å². The first kappa shape index (κ1) is 22.1. The maximum atomic E-state index is 12.8. The van der Waals surface area contributed by atoms with Gasteiger partial charge >= 0.3 is 5.97 Å². The first-order valence-electron chi connectivity index (χ1n) is 9.37. The second kappa shape index (κ2) is 10.4. The molecule has 5 nitrogen and oxygen atoms in total. The van der Waals surface area contributed by atoms with Gasteiger partial charge in [-0.15, -0.1) is 0 Å². The van der Waals surface area contributed by atoms with Crippen LogP contribution in [-0.2, 0) is 25.3 Å². The van der Waals surface area contributed by atoms with E-state index in [1.54, 1.807) is 12.1 Å². The summed E-state index contributed by atoms with van der Waals surface area (Å²) in [6.07, 6.45) is 0. The van der Waals surface area contributed by atoms with Crippen LogP contribution in [0.2, 0.25) is 0 Å². The molecule has 3 rings (SSSR count). The largest absolute Gasteiger partial charge is 0.468 e. The van der Waals surface area contributed by atoms with Crippen molar-refractivity contribution in [3.05, 3.63) is 90.5 Å². The average Bonchev–Trinajstić information content (AvgIpc) is 2.79. The highest BCUT2D eigenvalue weighted by atomic mass is 32.2. The van der Waals surface area contributed by atoms with Crippen LogP contribution in [0.4, 0.5) is 0 Å². The van der Waals surface area contributed by atoms with Gasteiger partial charge in [-0.1, -0.05) is 72.8 Å². The molecule has 0 bridgehead atoms. The number of esters is 1. The average molecular weight is 442 g/mol. The molecule has 0 aliphatic carbocycles. The van der Waals surface area contributed by atoms with Crippen molar-refractivity contribution in [1.29, 1.82) is 0 Å². The highest BCUT2D eigenvalue weighted by Crippen LogP contribution is 2.21. The number of carbonyl (C=O) groups excluding carboxylic acids is 1. The Morgan fingerprint density at radius 1 is 0.900 bits per heavy atom. The molecular weight excluding hydrogens is 418 g/mol. The fourth-order valence-corrected chi connectivity index (χ4v) is 5.16. The summed E-state index contributed by atoms with van der Waals surface area (Å²) in [5.74, 6) is 0.324. The molecule has 0 saturated carbocycles. The fraction of sp³-hybridized carbons (Fsp3) is 0.174. The molecule has 156 valence electrons. The number of ether oxygens (including phenoxy) is 1. The van der Waals surface area contributed by atoms with E-state index in [9.17, 15) is 13.2 Å². The minimum absolute atomic E-state index is 0.101. The number of carbonyl (C=O) groups is 1. The van der Waals surface area contributed by atoms with Gasteiger partial charge in [0.2, 0.25) is 10.0 Å². The summed E-state index contributed by atoms with van der Waals surface area (Å²) in [6, 6.07) is 25.1. The molecule has 1 unspecified atom stereocenters. The zero-order valence-corrected chi connectivity index (χ0v) is 18.2. The summed E-state index contributed by atoms with van der Waals surface area (Å²) >= 11 is 1.47. The van der Waals surface area contributed by atoms with Crippen LogP contribution in [0.3, 0.4) is 0 Å². The Hall–Kier alpha value is -2.61. The molecule has 0 spiro atoms. The number of hydrogen-bond donors (Lipinski definition) is 1. The molecule has 1 atom stereocenters. The van der Waals surface area contributed by atoms with E-state index in [1.165, 1.54) is 31.0 Å². The van der Waals surface area contributed by atoms with Crippen molar-refractivity contribution in [3.63, 3.8) is 0 Å². The number of nitrogens with one attached hydrogen (secondary N) is 1. The minimum Gasteiger partial charge on any atom is -0.468 e. The zero-order valence-electron chi connectivity index (χ0n) is 16.5. The van der Waals surface area contributed by atoms with Gasteiger partial charge in [0.25, 0.3) is 0 Å². The molecule has 7 heteroatoms. The lowest BCUT2D eigenvalue weighted by molar-refractivity contribution is -0.141. The van der Waals surface area contributed by atoms with E-state index >= 15 is 0 Å². The normalized spacial score (nSPS) is 12.3. The number of sulfonamides is 1. The van der Waals surface area contributed by atoms with Gasteiger partial charge in [0.05, 0.1) is 12.0 Å². The molecule has 0 heterocycles. The molecule has 0 amide bonds. The van der Waals surface area contributed by atoms with E-state index in [-0.39, 0.29) is 10.6 Å². The summed E-state index contributed by atoms with van der Waals surface area (Å²) in [7, 11) is -2.62.